The van der Waals surface area contributed by atoms with Crippen molar-refractivity contribution in [1.29, 1.82) is 0 Å². The minimum atomic E-state index is 0.283. The summed E-state index contributed by atoms with van der Waals surface area (Å²) < 4.78 is 12.6. The number of hydrogen-bond donors (Lipinski definition) is 1. The van der Waals surface area contributed by atoms with E-state index in [1.54, 1.807) is 17.5 Å². The molecule has 0 amide bonds. The molecule has 0 unspecified atom stereocenters. The van der Waals surface area contributed by atoms with Gasteiger partial charge in [-0.15, -0.1) is 11.3 Å². The van der Waals surface area contributed by atoms with Crippen molar-refractivity contribution in [1.82, 2.24) is 9.38 Å². The highest BCUT2D eigenvalue weighted by molar-refractivity contribution is 7.15. The van der Waals surface area contributed by atoms with Gasteiger partial charge in [-0.1, -0.05) is 0 Å². The van der Waals surface area contributed by atoms with Gasteiger partial charge >= 0.3 is 0 Å². The van der Waals surface area contributed by atoms with Gasteiger partial charge in [-0.3, -0.25) is 4.40 Å². The van der Waals surface area contributed by atoms with Crippen LogP contribution in [0, 0.1) is 0 Å². The van der Waals surface area contributed by atoms with Gasteiger partial charge in [0, 0.05) is 10.9 Å². The van der Waals surface area contributed by atoms with Gasteiger partial charge in [0.1, 0.15) is 5.82 Å². The van der Waals surface area contributed by atoms with Crippen LogP contribution in [0.2, 0.25) is 0 Å². The summed E-state index contributed by atoms with van der Waals surface area (Å²) in [4.78, 5) is 5.13. The van der Waals surface area contributed by atoms with Gasteiger partial charge in [0.25, 0.3) is 0 Å². The Balaban J connectivity index is 1.94. The molecule has 3 heterocycles. The molecule has 0 saturated heterocycles. The number of nitrogen functional groups attached to an aromatic ring is 1. The van der Waals surface area contributed by atoms with Crippen LogP contribution in [0.3, 0.4) is 0 Å². The zero-order valence-electron chi connectivity index (χ0n) is 9.29. The van der Waals surface area contributed by atoms with E-state index in [1.807, 2.05) is 28.0 Å². The van der Waals surface area contributed by atoms with Crippen molar-refractivity contribution in [2.75, 3.05) is 12.5 Å². The zero-order valence-corrected chi connectivity index (χ0v) is 10.1. The Morgan fingerprint density at radius 3 is 3.11 bits per heavy atom. The number of nitrogens with zero attached hydrogens (tertiary/aromatic N) is 2. The summed E-state index contributed by atoms with van der Waals surface area (Å²) >= 11 is 1.56. The fourth-order valence-corrected chi connectivity index (χ4v) is 2.97. The van der Waals surface area contributed by atoms with Crippen LogP contribution in [0.1, 0.15) is 0 Å². The van der Waals surface area contributed by atoms with E-state index >= 15 is 0 Å². The first-order valence-electron chi connectivity index (χ1n) is 5.43. The van der Waals surface area contributed by atoms with Gasteiger partial charge in [0.2, 0.25) is 6.79 Å². The summed E-state index contributed by atoms with van der Waals surface area (Å²) in [6, 6.07) is 5.87. The Bertz CT molecular complexity index is 747. The minimum Gasteiger partial charge on any atom is -0.454 e. The second-order valence-electron chi connectivity index (χ2n) is 3.99. The molecule has 4 rings (SSSR count). The van der Waals surface area contributed by atoms with Crippen LogP contribution in [0.4, 0.5) is 5.82 Å². The first-order valence-corrected chi connectivity index (χ1v) is 6.31. The molecule has 5 nitrogen and oxygen atoms in total. The molecule has 2 N–H and O–H groups in total. The first kappa shape index (κ1) is 9.78. The predicted octanol–water partition coefficient (Wildman–Crippen LogP) is 2.37. The van der Waals surface area contributed by atoms with Crippen LogP contribution in [-0.2, 0) is 0 Å². The Morgan fingerprint density at radius 2 is 2.17 bits per heavy atom. The van der Waals surface area contributed by atoms with Crippen LogP contribution >= 0.6 is 11.3 Å². The van der Waals surface area contributed by atoms with Crippen molar-refractivity contribution in [3.05, 3.63) is 29.8 Å². The fourth-order valence-electron chi connectivity index (χ4n) is 2.09. The fraction of sp³-hybridized carbons (Fsp3) is 0.0833. The maximum absolute atomic E-state index is 5.92. The van der Waals surface area contributed by atoms with Crippen molar-refractivity contribution in [2.45, 2.75) is 0 Å². The van der Waals surface area contributed by atoms with E-state index in [1.165, 1.54) is 0 Å². The molecule has 0 fully saturated rings. The lowest BCUT2D eigenvalue weighted by Crippen LogP contribution is -1.93. The van der Waals surface area contributed by atoms with Gasteiger partial charge in [0.15, 0.2) is 16.5 Å². The number of benzene rings is 1. The largest absolute Gasteiger partial charge is 0.454 e. The maximum Gasteiger partial charge on any atom is 0.231 e. The molecule has 2 aromatic heterocycles. The molecule has 0 aliphatic carbocycles. The number of thiazole rings is 1. The highest BCUT2D eigenvalue weighted by Gasteiger charge is 2.16. The third-order valence-corrected chi connectivity index (χ3v) is 3.78. The molecule has 0 bridgehead atoms. The van der Waals surface area contributed by atoms with Gasteiger partial charge in [-0.05, 0) is 18.2 Å². The van der Waals surface area contributed by atoms with Gasteiger partial charge in [-0.2, -0.15) is 0 Å². The van der Waals surface area contributed by atoms with E-state index in [0.717, 1.165) is 27.7 Å². The Labute approximate surface area is 106 Å². The molecule has 1 aliphatic heterocycles. The van der Waals surface area contributed by atoms with Crippen molar-refractivity contribution < 1.29 is 9.47 Å². The van der Waals surface area contributed by atoms with E-state index in [-0.39, 0.29) is 6.79 Å². The van der Waals surface area contributed by atoms with Gasteiger partial charge in [0.05, 0.1) is 11.9 Å². The molecule has 18 heavy (non-hydrogen) atoms. The second-order valence-corrected chi connectivity index (χ2v) is 4.83. The third kappa shape index (κ3) is 1.23. The van der Waals surface area contributed by atoms with Crippen molar-refractivity contribution in [2.24, 2.45) is 0 Å². The molecule has 0 radical (unpaired) electrons. The lowest BCUT2D eigenvalue weighted by molar-refractivity contribution is 0.174. The molecule has 3 aromatic rings. The lowest BCUT2D eigenvalue weighted by Gasteiger charge is -2.03. The Hall–Kier alpha value is -2.21. The summed E-state index contributed by atoms with van der Waals surface area (Å²) in [5.74, 6) is 2.19. The second kappa shape index (κ2) is 3.39. The lowest BCUT2D eigenvalue weighted by atomic mass is 10.1. The van der Waals surface area contributed by atoms with Crippen LogP contribution in [-0.4, -0.2) is 16.2 Å². The monoisotopic (exact) mass is 259 g/mol. The van der Waals surface area contributed by atoms with Gasteiger partial charge < -0.3 is 15.2 Å². The Morgan fingerprint density at radius 1 is 1.28 bits per heavy atom. The van der Waals surface area contributed by atoms with E-state index in [0.29, 0.717) is 5.82 Å². The summed E-state index contributed by atoms with van der Waals surface area (Å²) in [6.45, 7) is 0.283. The number of rotatable bonds is 1. The standard InChI is InChI=1S/C12H9N3O2S/c13-11-4-14-12-15(11)8(5-18-12)7-1-2-9-10(3-7)17-6-16-9/h1-5H,6,13H2. The molecular formula is C12H9N3O2S. The SMILES string of the molecule is Nc1cnc2scc(-c3ccc4c(c3)OCO4)n12. The normalized spacial score (nSPS) is 13.3. The number of ether oxygens (including phenoxy) is 2. The van der Waals surface area contributed by atoms with Crippen LogP contribution in [0.5, 0.6) is 11.5 Å². The number of anilines is 1. The molecule has 1 aromatic carbocycles. The van der Waals surface area contributed by atoms with Crippen LogP contribution in [0.25, 0.3) is 16.2 Å². The number of aromatic nitrogens is 2. The van der Waals surface area contributed by atoms with Crippen molar-refractivity contribution in [3.8, 4) is 22.8 Å². The zero-order chi connectivity index (χ0) is 12.1. The third-order valence-electron chi connectivity index (χ3n) is 2.94. The number of nitrogens with two attached hydrogens (primary N) is 1. The average Bonchev–Trinajstić information content (AvgIpc) is 3.06. The number of imidazole rings is 1. The summed E-state index contributed by atoms with van der Waals surface area (Å²) in [5, 5.41) is 2.04. The van der Waals surface area contributed by atoms with E-state index in [9.17, 15) is 0 Å². The molecular weight excluding hydrogens is 250 g/mol. The van der Waals surface area contributed by atoms with E-state index < -0.39 is 0 Å². The molecule has 90 valence electrons. The number of hydrogen-bond acceptors (Lipinski definition) is 5. The van der Waals surface area contributed by atoms with E-state index in [4.69, 9.17) is 15.2 Å². The Kier molecular flexibility index (Phi) is 1.84. The van der Waals surface area contributed by atoms with E-state index in [2.05, 4.69) is 4.98 Å². The maximum atomic E-state index is 5.92. The summed E-state index contributed by atoms with van der Waals surface area (Å²) in [7, 11) is 0. The summed E-state index contributed by atoms with van der Waals surface area (Å²) in [6.07, 6.45) is 1.67. The molecule has 1 aliphatic rings. The smallest absolute Gasteiger partial charge is 0.231 e. The highest BCUT2D eigenvalue weighted by Crippen LogP contribution is 2.37. The molecule has 0 saturated carbocycles. The molecule has 0 atom stereocenters. The van der Waals surface area contributed by atoms with Crippen LogP contribution < -0.4 is 15.2 Å². The number of fused-ring (bicyclic) bond motifs is 2. The average molecular weight is 259 g/mol. The highest BCUT2D eigenvalue weighted by atomic mass is 32.1. The predicted molar refractivity (Wildman–Crippen MR) is 69.0 cm³/mol. The van der Waals surface area contributed by atoms with Gasteiger partial charge in [-0.25, -0.2) is 4.98 Å². The first-order chi connectivity index (χ1) is 8.83. The quantitative estimate of drug-likeness (QED) is 0.728. The minimum absolute atomic E-state index is 0.283. The van der Waals surface area contributed by atoms with Crippen molar-refractivity contribution >= 4 is 22.1 Å². The molecule has 6 heteroatoms. The van der Waals surface area contributed by atoms with Crippen LogP contribution in [0.15, 0.2) is 29.8 Å². The van der Waals surface area contributed by atoms with Crippen molar-refractivity contribution in [3.63, 3.8) is 0 Å². The topological polar surface area (TPSA) is 61.8 Å². The summed E-state index contributed by atoms with van der Waals surface area (Å²) in [5.41, 5.74) is 7.98. The molecule has 0 spiro atoms.